The van der Waals surface area contributed by atoms with Gasteiger partial charge in [0.25, 0.3) is 7.82 Å². The Kier molecular flexibility index (Phi) is 33.5. The van der Waals surface area contributed by atoms with E-state index in [0.717, 1.165) is 44.9 Å². The van der Waals surface area contributed by atoms with Crippen LogP contribution in [0.15, 0.2) is 12.2 Å². The van der Waals surface area contributed by atoms with E-state index in [1.807, 2.05) is 21.1 Å². The number of hydrogen-bond donors (Lipinski definition) is 2. The molecular weight excluding hydrogens is 647 g/mol. The van der Waals surface area contributed by atoms with Gasteiger partial charge in [0.1, 0.15) is 13.2 Å². The number of carbonyl (C=O) groups is 1. The van der Waals surface area contributed by atoms with Gasteiger partial charge in [0, 0.05) is 6.42 Å². The van der Waals surface area contributed by atoms with Crippen molar-refractivity contribution in [2.24, 2.45) is 0 Å². The maximum absolute atomic E-state index is 12.8. The van der Waals surface area contributed by atoms with Crippen molar-refractivity contribution in [3.05, 3.63) is 12.2 Å². The molecule has 0 aliphatic carbocycles. The van der Waals surface area contributed by atoms with Gasteiger partial charge in [0.15, 0.2) is 0 Å². The Bertz CT molecular complexity index is 834. The summed E-state index contributed by atoms with van der Waals surface area (Å²) in [5, 5.41) is 13.8. The maximum Gasteiger partial charge on any atom is 0.268 e. The van der Waals surface area contributed by atoms with E-state index in [2.05, 4.69) is 31.3 Å². The van der Waals surface area contributed by atoms with Crippen LogP contribution in [0.2, 0.25) is 0 Å². The number of nitrogens with zero attached hydrogens (tertiary/aromatic N) is 1. The zero-order valence-electron chi connectivity index (χ0n) is 33.6. The molecule has 0 saturated heterocycles. The Balaban J connectivity index is 4.42. The van der Waals surface area contributed by atoms with Crippen molar-refractivity contribution in [1.82, 2.24) is 5.32 Å². The molecule has 0 fully saturated rings. The molecule has 0 saturated carbocycles. The lowest BCUT2D eigenvalue weighted by atomic mass is 10.0. The summed E-state index contributed by atoms with van der Waals surface area (Å²) in [6, 6.07) is -0.809. The van der Waals surface area contributed by atoms with Crippen LogP contribution >= 0.6 is 7.82 Å². The molecule has 3 atom stereocenters. The molecule has 9 heteroatoms. The Morgan fingerprint density at radius 1 is 0.680 bits per heavy atom. The van der Waals surface area contributed by atoms with Crippen molar-refractivity contribution in [3.8, 4) is 0 Å². The monoisotopic (exact) mass is 731 g/mol. The molecule has 2 N–H and O–H groups in total. The van der Waals surface area contributed by atoms with Crippen molar-refractivity contribution < 1.29 is 32.9 Å². The minimum atomic E-state index is -4.56. The molecule has 50 heavy (non-hydrogen) atoms. The highest BCUT2D eigenvalue weighted by atomic mass is 31.2. The number of unbranched alkanes of at least 4 members (excludes halogenated alkanes) is 23. The zero-order valence-corrected chi connectivity index (χ0v) is 34.5. The first-order valence-corrected chi connectivity index (χ1v) is 22.5. The van der Waals surface area contributed by atoms with Gasteiger partial charge in [-0.25, -0.2) is 0 Å². The number of phosphoric ester groups is 1. The van der Waals surface area contributed by atoms with Gasteiger partial charge >= 0.3 is 0 Å². The Labute approximate surface area is 310 Å². The van der Waals surface area contributed by atoms with Crippen LogP contribution in [0.5, 0.6) is 0 Å². The number of amides is 1. The van der Waals surface area contributed by atoms with Crippen LogP contribution in [0.25, 0.3) is 0 Å². The molecule has 0 spiro atoms. The van der Waals surface area contributed by atoms with Gasteiger partial charge in [-0.15, -0.1) is 0 Å². The van der Waals surface area contributed by atoms with E-state index in [4.69, 9.17) is 9.05 Å². The minimum Gasteiger partial charge on any atom is -0.756 e. The van der Waals surface area contributed by atoms with Gasteiger partial charge in [-0.1, -0.05) is 161 Å². The number of phosphoric acid groups is 1. The third-order valence-electron chi connectivity index (χ3n) is 9.50. The largest absolute Gasteiger partial charge is 0.756 e. The standard InChI is InChI=1S/C41H83N2O6P/c1-6-8-10-12-14-16-18-20-21-23-25-27-29-31-33-35-41(45)42-39(38-49-50(46,47)48-37-36-43(3,4)5)40(44)34-32-30-28-26-24-22-19-17-15-13-11-9-7-2/h24,26,39-40,44H,6-23,25,27-38H2,1-5H3,(H-,42,45,46,47)/b26-24+/t39-,40+/m0/s1. The van der Waals surface area contributed by atoms with Crippen LogP contribution in [0.3, 0.4) is 0 Å². The van der Waals surface area contributed by atoms with Crippen LogP contribution < -0.4 is 10.2 Å². The molecular formula is C41H83N2O6P. The molecule has 0 rings (SSSR count). The summed E-state index contributed by atoms with van der Waals surface area (Å²) in [6.07, 6.45) is 36.4. The zero-order chi connectivity index (χ0) is 37.2. The van der Waals surface area contributed by atoms with E-state index in [9.17, 15) is 19.4 Å². The van der Waals surface area contributed by atoms with Crippen molar-refractivity contribution in [1.29, 1.82) is 0 Å². The van der Waals surface area contributed by atoms with Gasteiger partial charge in [0.05, 0.1) is 39.9 Å². The van der Waals surface area contributed by atoms with Crippen molar-refractivity contribution in [2.75, 3.05) is 40.9 Å². The summed E-state index contributed by atoms with van der Waals surface area (Å²) >= 11 is 0. The second kappa shape index (κ2) is 34.0. The highest BCUT2D eigenvalue weighted by Crippen LogP contribution is 2.38. The van der Waals surface area contributed by atoms with Crippen molar-refractivity contribution in [3.63, 3.8) is 0 Å². The number of rotatable bonds is 38. The smallest absolute Gasteiger partial charge is 0.268 e. The first-order valence-electron chi connectivity index (χ1n) is 21.0. The van der Waals surface area contributed by atoms with E-state index in [0.29, 0.717) is 23.9 Å². The predicted molar refractivity (Wildman–Crippen MR) is 210 cm³/mol. The third-order valence-corrected chi connectivity index (χ3v) is 10.5. The van der Waals surface area contributed by atoms with E-state index in [1.165, 1.54) is 122 Å². The number of aliphatic hydroxyl groups excluding tert-OH is 1. The maximum atomic E-state index is 12.8. The molecule has 0 bridgehead atoms. The highest BCUT2D eigenvalue weighted by Gasteiger charge is 2.24. The summed E-state index contributed by atoms with van der Waals surface area (Å²) < 4.78 is 23.2. The summed E-state index contributed by atoms with van der Waals surface area (Å²) in [5.74, 6) is -0.174. The molecule has 0 aliphatic rings. The van der Waals surface area contributed by atoms with Crippen LogP contribution in [-0.4, -0.2) is 68.5 Å². The van der Waals surface area contributed by atoms with E-state index >= 15 is 0 Å². The van der Waals surface area contributed by atoms with E-state index in [-0.39, 0.29) is 19.1 Å². The fourth-order valence-electron chi connectivity index (χ4n) is 6.09. The number of quaternary nitrogens is 1. The highest BCUT2D eigenvalue weighted by molar-refractivity contribution is 7.45. The number of likely N-dealkylation sites (N-methyl/N-ethyl adjacent to an activating group) is 1. The molecule has 0 aromatic rings. The van der Waals surface area contributed by atoms with Gasteiger partial charge in [-0.3, -0.25) is 9.36 Å². The lowest BCUT2D eigenvalue weighted by Gasteiger charge is -2.30. The number of aliphatic hydroxyl groups is 1. The minimum absolute atomic E-state index is 0.00945. The van der Waals surface area contributed by atoms with Crippen LogP contribution in [0, 0.1) is 0 Å². The fourth-order valence-corrected chi connectivity index (χ4v) is 6.81. The summed E-state index contributed by atoms with van der Waals surface area (Å²) in [7, 11) is 1.29. The van der Waals surface area contributed by atoms with Gasteiger partial charge in [0.2, 0.25) is 5.91 Å². The second-order valence-electron chi connectivity index (χ2n) is 15.7. The lowest BCUT2D eigenvalue weighted by molar-refractivity contribution is -0.870. The molecule has 0 aromatic carbocycles. The third kappa shape index (κ3) is 35.6. The number of allylic oxidation sites excluding steroid dienone is 2. The summed E-state index contributed by atoms with van der Waals surface area (Å²) in [4.78, 5) is 25.2. The average Bonchev–Trinajstić information content (AvgIpc) is 3.06. The van der Waals surface area contributed by atoms with Crippen LogP contribution in [0.4, 0.5) is 0 Å². The topological polar surface area (TPSA) is 108 Å². The SMILES string of the molecule is CCCCCCCCC/C=C/CCCC[C@@H](O)[C@H](COP(=O)([O-])OCC[N+](C)(C)C)NC(=O)CCCCCCCCCCCCCCCCC. The number of hydrogen-bond acceptors (Lipinski definition) is 6. The second-order valence-corrected chi connectivity index (χ2v) is 17.1. The molecule has 1 unspecified atom stereocenters. The number of nitrogens with one attached hydrogen (secondary N) is 1. The quantitative estimate of drug-likeness (QED) is 0.0283. The molecule has 298 valence electrons. The summed E-state index contributed by atoms with van der Waals surface area (Å²) in [6.45, 7) is 4.69. The predicted octanol–water partition coefficient (Wildman–Crippen LogP) is 10.6. The Morgan fingerprint density at radius 3 is 1.56 bits per heavy atom. The first kappa shape index (κ1) is 49.2. The van der Waals surface area contributed by atoms with Crippen molar-refractivity contribution >= 4 is 13.7 Å². The number of carbonyl (C=O) groups excluding carboxylic acids is 1. The lowest BCUT2D eigenvalue weighted by Crippen LogP contribution is -2.46. The Morgan fingerprint density at radius 2 is 1.10 bits per heavy atom. The summed E-state index contributed by atoms with van der Waals surface area (Å²) in [5.41, 5.74) is 0. The Hall–Kier alpha value is -0.760. The molecule has 0 aromatic heterocycles. The first-order chi connectivity index (χ1) is 24.0. The van der Waals surface area contributed by atoms with Crippen LogP contribution in [0.1, 0.15) is 194 Å². The van der Waals surface area contributed by atoms with Gasteiger partial charge in [-0.05, 0) is 38.5 Å². The average molecular weight is 731 g/mol. The van der Waals surface area contributed by atoms with Crippen molar-refractivity contribution in [2.45, 2.75) is 206 Å². The van der Waals surface area contributed by atoms with E-state index < -0.39 is 20.0 Å². The molecule has 0 radical (unpaired) electrons. The van der Waals surface area contributed by atoms with E-state index in [1.54, 1.807) is 0 Å². The molecule has 0 aliphatic heterocycles. The van der Waals surface area contributed by atoms with Gasteiger partial charge in [-0.2, -0.15) is 0 Å². The fraction of sp³-hybridized carbons (Fsp3) is 0.927. The molecule has 1 amide bonds. The molecule has 8 nitrogen and oxygen atoms in total. The van der Waals surface area contributed by atoms with Crippen LogP contribution in [-0.2, 0) is 18.4 Å². The van der Waals surface area contributed by atoms with Gasteiger partial charge < -0.3 is 28.8 Å². The normalized spacial score (nSPS) is 14.6. The molecule has 0 heterocycles.